The fourth-order valence-corrected chi connectivity index (χ4v) is 5.81. The Bertz CT molecular complexity index is 736. The maximum absolute atomic E-state index is 12.8. The van der Waals surface area contributed by atoms with Crippen molar-refractivity contribution in [2.45, 2.75) is 44.6 Å². The summed E-state index contributed by atoms with van der Waals surface area (Å²) in [6.45, 7) is 3.04. The van der Waals surface area contributed by atoms with Crippen LogP contribution in [0.1, 0.15) is 47.4 Å². The minimum Gasteiger partial charge on any atom is -0.335 e. The topological polar surface area (TPSA) is 86.4 Å². The van der Waals surface area contributed by atoms with Gasteiger partial charge in [0, 0.05) is 43.5 Å². The standard InChI is InChI=1S/C17H26N4O3S/c22-17(16-14-3-1-2-4-15(14)18-19-16)21-9-7-20(8-10-21)13-5-11-25(23,24)12-6-13/h13H,1-12H2,(H,18,19). The number of aryl methyl sites for hydroxylation is 1. The number of fused-ring (bicyclic) bond motifs is 1. The smallest absolute Gasteiger partial charge is 0.274 e. The molecule has 2 fully saturated rings. The molecule has 25 heavy (non-hydrogen) atoms. The number of nitrogens with zero attached hydrogens (tertiary/aromatic N) is 3. The van der Waals surface area contributed by atoms with E-state index < -0.39 is 9.84 Å². The van der Waals surface area contributed by atoms with Gasteiger partial charge in [0.2, 0.25) is 0 Å². The Morgan fingerprint density at radius 3 is 2.44 bits per heavy atom. The van der Waals surface area contributed by atoms with Crippen molar-refractivity contribution in [3.8, 4) is 0 Å². The predicted octanol–water partition coefficient (Wildman–Crippen LogP) is 0.624. The van der Waals surface area contributed by atoms with Crippen molar-refractivity contribution in [1.82, 2.24) is 20.0 Å². The Morgan fingerprint density at radius 2 is 1.72 bits per heavy atom. The number of aromatic nitrogens is 2. The highest BCUT2D eigenvalue weighted by atomic mass is 32.2. The normalized spacial score (nSPS) is 24.9. The SMILES string of the molecule is O=C(c1n[nH]c2c1CCCC2)N1CCN(C2CCS(=O)(=O)CC2)CC1. The lowest BCUT2D eigenvalue weighted by atomic mass is 9.95. The van der Waals surface area contributed by atoms with Crippen molar-refractivity contribution in [2.75, 3.05) is 37.7 Å². The summed E-state index contributed by atoms with van der Waals surface area (Å²) in [4.78, 5) is 17.1. The lowest BCUT2D eigenvalue weighted by Gasteiger charge is -2.40. The van der Waals surface area contributed by atoms with Crippen LogP contribution in [0.15, 0.2) is 0 Å². The van der Waals surface area contributed by atoms with E-state index in [1.807, 2.05) is 4.90 Å². The Hall–Kier alpha value is -1.41. The fraction of sp³-hybridized carbons (Fsp3) is 0.765. The van der Waals surface area contributed by atoms with Crippen LogP contribution in [-0.4, -0.2) is 78.0 Å². The maximum Gasteiger partial charge on any atom is 0.274 e. The molecule has 0 radical (unpaired) electrons. The molecule has 3 aliphatic rings. The number of hydrogen-bond acceptors (Lipinski definition) is 5. The number of rotatable bonds is 2. The quantitative estimate of drug-likeness (QED) is 0.829. The highest BCUT2D eigenvalue weighted by Gasteiger charge is 2.32. The van der Waals surface area contributed by atoms with Gasteiger partial charge in [0.05, 0.1) is 11.5 Å². The van der Waals surface area contributed by atoms with E-state index in [1.54, 1.807) is 0 Å². The van der Waals surface area contributed by atoms with Crippen molar-refractivity contribution in [1.29, 1.82) is 0 Å². The van der Waals surface area contributed by atoms with Crippen LogP contribution in [0.5, 0.6) is 0 Å². The second-order valence-electron chi connectivity index (χ2n) is 7.45. The van der Waals surface area contributed by atoms with Crippen molar-refractivity contribution in [3.05, 3.63) is 17.0 Å². The van der Waals surface area contributed by atoms with E-state index in [-0.39, 0.29) is 5.91 Å². The Balaban J connectivity index is 1.36. The van der Waals surface area contributed by atoms with Crippen molar-refractivity contribution in [2.24, 2.45) is 0 Å². The van der Waals surface area contributed by atoms with Gasteiger partial charge in [-0.2, -0.15) is 5.10 Å². The average molecular weight is 366 g/mol. The zero-order chi connectivity index (χ0) is 17.4. The summed E-state index contributed by atoms with van der Waals surface area (Å²) in [6, 6.07) is 0.346. The van der Waals surface area contributed by atoms with Gasteiger partial charge in [-0.3, -0.25) is 14.8 Å². The number of carbonyl (C=O) groups excluding carboxylic acids is 1. The molecular weight excluding hydrogens is 340 g/mol. The van der Waals surface area contributed by atoms with Gasteiger partial charge in [-0.1, -0.05) is 0 Å². The number of piperazine rings is 1. The number of aromatic amines is 1. The van der Waals surface area contributed by atoms with Gasteiger partial charge in [0.25, 0.3) is 5.91 Å². The number of amides is 1. The summed E-state index contributed by atoms with van der Waals surface area (Å²) >= 11 is 0. The molecule has 0 spiro atoms. The minimum atomic E-state index is -2.82. The molecule has 3 heterocycles. The molecule has 0 saturated carbocycles. The first kappa shape index (κ1) is 17.0. The van der Waals surface area contributed by atoms with Gasteiger partial charge in [0.15, 0.2) is 5.69 Å². The van der Waals surface area contributed by atoms with Gasteiger partial charge in [-0.15, -0.1) is 0 Å². The monoisotopic (exact) mass is 366 g/mol. The van der Waals surface area contributed by atoms with Crippen LogP contribution in [-0.2, 0) is 22.7 Å². The van der Waals surface area contributed by atoms with Crippen LogP contribution < -0.4 is 0 Å². The first-order valence-corrected chi connectivity index (χ1v) is 11.2. The molecule has 0 aromatic carbocycles. The molecule has 1 aromatic rings. The molecule has 1 N–H and O–H groups in total. The van der Waals surface area contributed by atoms with Gasteiger partial charge in [-0.05, 0) is 38.5 Å². The molecule has 1 aromatic heterocycles. The summed E-state index contributed by atoms with van der Waals surface area (Å²) in [5.41, 5.74) is 2.87. The summed E-state index contributed by atoms with van der Waals surface area (Å²) < 4.78 is 23.2. The van der Waals surface area contributed by atoms with Crippen LogP contribution in [0.3, 0.4) is 0 Å². The van der Waals surface area contributed by atoms with Crippen LogP contribution in [0, 0.1) is 0 Å². The third-order valence-electron chi connectivity index (χ3n) is 5.90. The van der Waals surface area contributed by atoms with Crippen molar-refractivity contribution >= 4 is 15.7 Å². The van der Waals surface area contributed by atoms with Crippen LogP contribution in [0.4, 0.5) is 0 Å². The van der Waals surface area contributed by atoms with Crippen LogP contribution in [0.2, 0.25) is 0 Å². The predicted molar refractivity (Wildman–Crippen MR) is 94.4 cm³/mol. The van der Waals surface area contributed by atoms with E-state index >= 15 is 0 Å². The van der Waals surface area contributed by atoms with Crippen LogP contribution >= 0.6 is 0 Å². The Kier molecular flexibility index (Phi) is 4.58. The Labute approximate surface area is 148 Å². The molecule has 0 atom stereocenters. The van der Waals surface area contributed by atoms with E-state index in [0.717, 1.165) is 56.5 Å². The van der Waals surface area contributed by atoms with E-state index in [2.05, 4.69) is 15.1 Å². The largest absolute Gasteiger partial charge is 0.335 e. The fourth-order valence-electron chi connectivity index (χ4n) is 4.34. The van der Waals surface area contributed by atoms with E-state index in [4.69, 9.17) is 0 Å². The summed E-state index contributed by atoms with van der Waals surface area (Å²) in [5.74, 6) is 0.650. The number of carbonyl (C=O) groups is 1. The van der Waals surface area contributed by atoms with E-state index in [9.17, 15) is 13.2 Å². The lowest BCUT2D eigenvalue weighted by Crippen LogP contribution is -2.53. The number of H-pyrrole nitrogens is 1. The summed E-state index contributed by atoms with van der Waals surface area (Å²) in [7, 11) is -2.82. The second-order valence-corrected chi connectivity index (χ2v) is 9.75. The van der Waals surface area contributed by atoms with Gasteiger partial charge >= 0.3 is 0 Å². The first-order chi connectivity index (χ1) is 12.0. The summed E-state index contributed by atoms with van der Waals surface area (Å²) in [6.07, 6.45) is 5.69. The third-order valence-corrected chi connectivity index (χ3v) is 7.62. The second kappa shape index (κ2) is 6.72. The van der Waals surface area contributed by atoms with Crippen LogP contribution in [0.25, 0.3) is 0 Å². The highest BCUT2D eigenvalue weighted by molar-refractivity contribution is 7.91. The summed E-state index contributed by atoms with van der Waals surface area (Å²) in [5, 5.41) is 7.35. The van der Waals surface area contributed by atoms with Crippen molar-refractivity contribution in [3.63, 3.8) is 0 Å². The number of nitrogens with one attached hydrogen (secondary N) is 1. The zero-order valence-corrected chi connectivity index (χ0v) is 15.4. The molecule has 4 rings (SSSR count). The molecule has 138 valence electrons. The van der Waals surface area contributed by atoms with E-state index in [0.29, 0.717) is 36.3 Å². The molecule has 1 aliphatic carbocycles. The van der Waals surface area contributed by atoms with Gasteiger partial charge in [0.1, 0.15) is 9.84 Å². The number of hydrogen-bond donors (Lipinski definition) is 1. The third kappa shape index (κ3) is 3.46. The minimum absolute atomic E-state index is 0.0465. The molecule has 8 heteroatoms. The Morgan fingerprint density at radius 1 is 1.04 bits per heavy atom. The molecule has 2 aliphatic heterocycles. The molecular formula is C17H26N4O3S. The molecule has 1 amide bonds. The highest BCUT2D eigenvalue weighted by Crippen LogP contribution is 2.24. The lowest BCUT2D eigenvalue weighted by molar-refractivity contribution is 0.0551. The molecule has 0 unspecified atom stereocenters. The zero-order valence-electron chi connectivity index (χ0n) is 14.5. The van der Waals surface area contributed by atoms with E-state index in [1.165, 1.54) is 6.42 Å². The van der Waals surface area contributed by atoms with Gasteiger partial charge in [-0.25, -0.2) is 8.42 Å². The first-order valence-electron chi connectivity index (χ1n) is 9.33. The molecule has 0 bridgehead atoms. The molecule has 7 nitrogen and oxygen atoms in total. The average Bonchev–Trinajstić information content (AvgIpc) is 3.05. The number of sulfone groups is 1. The van der Waals surface area contributed by atoms with Crippen molar-refractivity contribution < 1.29 is 13.2 Å². The van der Waals surface area contributed by atoms with Gasteiger partial charge < -0.3 is 4.90 Å². The molecule has 2 saturated heterocycles. The maximum atomic E-state index is 12.8.